The van der Waals surface area contributed by atoms with E-state index in [1.807, 2.05) is 13.0 Å². The smallest absolute Gasteiger partial charge is 0.309 e. The Hall–Kier alpha value is -2.15. The molecule has 5 fully saturated rings. The molecule has 0 spiro atoms. The molecule has 4 aliphatic carbocycles. The lowest BCUT2D eigenvalue weighted by molar-refractivity contribution is -0.149. The molecule has 32 heavy (non-hydrogen) atoms. The fraction of sp³-hybridized carbons (Fsp3) is 0.720. The molecule has 0 atom stereocenters. The number of hydrogen-bond acceptors (Lipinski definition) is 5. The number of piperidine rings is 1. The quantitative estimate of drug-likeness (QED) is 0.663. The summed E-state index contributed by atoms with van der Waals surface area (Å²) in [7, 11) is 0. The summed E-state index contributed by atoms with van der Waals surface area (Å²) in [6, 6.07) is 3.75. The number of carbonyl (C=O) groups excluding carboxylic acids is 2. The summed E-state index contributed by atoms with van der Waals surface area (Å²) in [5.41, 5.74) is 0.699. The highest BCUT2D eigenvalue weighted by Gasteiger charge is 2.48. The van der Waals surface area contributed by atoms with E-state index in [2.05, 4.69) is 15.2 Å². The fourth-order valence-electron chi connectivity index (χ4n) is 7.00. The van der Waals surface area contributed by atoms with Crippen LogP contribution in [0.4, 0.5) is 0 Å². The lowest BCUT2D eigenvalue weighted by atomic mass is 9.54. The first-order valence-electron chi connectivity index (χ1n) is 12.4. The van der Waals surface area contributed by atoms with Crippen LogP contribution in [0.5, 0.6) is 0 Å². The molecule has 7 nitrogen and oxygen atoms in total. The second-order valence-corrected chi connectivity index (χ2v) is 10.5. The molecule has 174 valence electrons. The molecule has 4 bridgehead atoms. The Morgan fingerprint density at radius 1 is 1.06 bits per heavy atom. The number of carbonyl (C=O) groups is 2. The number of amides is 1. The van der Waals surface area contributed by atoms with Gasteiger partial charge in [0.25, 0.3) is 11.5 Å². The van der Waals surface area contributed by atoms with Crippen molar-refractivity contribution >= 4 is 11.9 Å². The van der Waals surface area contributed by atoms with E-state index in [0.29, 0.717) is 25.0 Å². The van der Waals surface area contributed by atoms with E-state index in [0.717, 1.165) is 43.5 Å². The SMILES string of the molecule is CCOC(=O)C1CCN(Cc2ccc(C(=O)NC3C4CC5CC(C4)CC3C5)c(=O)[nH]2)CC1. The molecule has 0 aromatic carbocycles. The van der Waals surface area contributed by atoms with E-state index in [9.17, 15) is 14.4 Å². The third-order valence-corrected chi connectivity index (χ3v) is 8.34. The number of hydrogen-bond donors (Lipinski definition) is 2. The molecule has 1 saturated heterocycles. The van der Waals surface area contributed by atoms with Crippen LogP contribution < -0.4 is 10.9 Å². The van der Waals surface area contributed by atoms with Crippen molar-refractivity contribution in [1.29, 1.82) is 0 Å². The zero-order chi connectivity index (χ0) is 22.2. The van der Waals surface area contributed by atoms with Gasteiger partial charge < -0.3 is 15.0 Å². The number of ether oxygens (including phenoxy) is 1. The van der Waals surface area contributed by atoms with Crippen molar-refractivity contribution in [2.75, 3.05) is 19.7 Å². The van der Waals surface area contributed by atoms with E-state index in [-0.39, 0.29) is 35.0 Å². The number of rotatable bonds is 6. The Kier molecular flexibility index (Phi) is 6.10. The molecular weight excluding hydrogens is 406 g/mol. The molecule has 0 unspecified atom stereocenters. The first kappa shape index (κ1) is 21.7. The highest BCUT2D eigenvalue weighted by atomic mass is 16.5. The zero-order valence-corrected chi connectivity index (χ0v) is 19.0. The highest BCUT2D eigenvalue weighted by Crippen LogP contribution is 2.53. The average molecular weight is 442 g/mol. The number of nitrogens with zero attached hydrogens (tertiary/aromatic N) is 1. The minimum Gasteiger partial charge on any atom is -0.466 e. The average Bonchev–Trinajstić information content (AvgIpc) is 2.76. The lowest BCUT2D eigenvalue weighted by Gasteiger charge is -2.54. The molecule has 2 heterocycles. The number of H-pyrrole nitrogens is 1. The van der Waals surface area contributed by atoms with Crippen LogP contribution in [-0.4, -0.2) is 47.5 Å². The summed E-state index contributed by atoms with van der Waals surface area (Å²) in [4.78, 5) is 42.7. The topological polar surface area (TPSA) is 91.5 Å². The number of likely N-dealkylation sites (tertiary alicyclic amines) is 1. The van der Waals surface area contributed by atoms with Gasteiger partial charge in [0, 0.05) is 18.3 Å². The summed E-state index contributed by atoms with van der Waals surface area (Å²) >= 11 is 0. The number of pyridine rings is 1. The largest absolute Gasteiger partial charge is 0.466 e. The minimum atomic E-state index is -0.315. The molecule has 1 aromatic heterocycles. The third-order valence-electron chi connectivity index (χ3n) is 8.34. The highest BCUT2D eigenvalue weighted by molar-refractivity contribution is 5.94. The predicted octanol–water partition coefficient (Wildman–Crippen LogP) is 2.70. The van der Waals surface area contributed by atoms with E-state index in [1.54, 1.807) is 6.07 Å². The van der Waals surface area contributed by atoms with Crippen molar-refractivity contribution in [2.24, 2.45) is 29.6 Å². The van der Waals surface area contributed by atoms with Crippen molar-refractivity contribution in [2.45, 2.75) is 64.5 Å². The molecule has 4 saturated carbocycles. The molecule has 7 heteroatoms. The minimum absolute atomic E-state index is 0.0264. The van der Waals surface area contributed by atoms with Gasteiger partial charge in [0.15, 0.2) is 0 Å². The van der Waals surface area contributed by atoms with Crippen LogP contribution in [0, 0.1) is 29.6 Å². The maximum atomic E-state index is 12.9. The molecule has 1 aliphatic heterocycles. The molecule has 6 rings (SSSR count). The summed E-state index contributed by atoms with van der Waals surface area (Å²) < 4.78 is 5.13. The number of aromatic nitrogens is 1. The second kappa shape index (κ2) is 9.00. The van der Waals surface area contributed by atoms with Gasteiger partial charge in [0.1, 0.15) is 5.56 Å². The summed E-state index contributed by atoms with van der Waals surface area (Å²) in [6.45, 7) is 4.45. The van der Waals surface area contributed by atoms with E-state index >= 15 is 0 Å². The Morgan fingerprint density at radius 3 is 2.31 bits per heavy atom. The fourth-order valence-corrected chi connectivity index (χ4v) is 7.00. The zero-order valence-electron chi connectivity index (χ0n) is 19.0. The van der Waals surface area contributed by atoms with Crippen LogP contribution >= 0.6 is 0 Å². The molecule has 0 radical (unpaired) electrons. The van der Waals surface area contributed by atoms with Crippen LogP contribution in [0.3, 0.4) is 0 Å². The van der Waals surface area contributed by atoms with Gasteiger partial charge in [-0.2, -0.15) is 0 Å². The van der Waals surface area contributed by atoms with Crippen LogP contribution in [0.1, 0.15) is 67.9 Å². The van der Waals surface area contributed by atoms with Crippen LogP contribution in [0.2, 0.25) is 0 Å². The van der Waals surface area contributed by atoms with Crippen molar-refractivity contribution in [3.8, 4) is 0 Å². The third kappa shape index (κ3) is 4.36. The Bertz CT molecular complexity index is 890. The first-order valence-corrected chi connectivity index (χ1v) is 12.4. The summed E-state index contributed by atoms with van der Waals surface area (Å²) in [5.74, 6) is 2.53. The van der Waals surface area contributed by atoms with Gasteiger partial charge in [-0.1, -0.05) is 0 Å². The maximum absolute atomic E-state index is 12.9. The van der Waals surface area contributed by atoms with E-state index < -0.39 is 0 Å². The molecule has 5 aliphatic rings. The van der Waals surface area contributed by atoms with Crippen molar-refractivity contribution in [3.05, 3.63) is 33.7 Å². The van der Waals surface area contributed by atoms with Gasteiger partial charge in [-0.3, -0.25) is 19.3 Å². The van der Waals surface area contributed by atoms with Crippen molar-refractivity contribution < 1.29 is 14.3 Å². The number of nitrogens with one attached hydrogen (secondary N) is 2. The summed E-state index contributed by atoms with van der Waals surface area (Å²) in [5, 5.41) is 3.23. The Morgan fingerprint density at radius 2 is 1.72 bits per heavy atom. The molecule has 2 N–H and O–H groups in total. The molecule has 1 aromatic rings. The molecular formula is C25H35N3O4. The van der Waals surface area contributed by atoms with Crippen molar-refractivity contribution in [3.63, 3.8) is 0 Å². The van der Waals surface area contributed by atoms with E-state index in [4.69, 9.17) is 4.74 Å². The number of aromatic amines is 1. The normalized spacial score (nSPS) is 32.1. The molecule has 1 amide bonds. The van der Waals surface area contributed by atoms with E-state index in [1.165, 1.54) is 32.1 Å². The lowest BCUT2D eigenvalue weighted by Crippen LogP contribution is -2.56. The first-order chi connectivity index (χ1) is 15.5. The predicted molar refractivity (Wildman–Crippen MR) is 120 cm³/mol. The number of esters is 1. The van der Waals surface area contributed by atoms with Crippen LogP contribution in [0.25, 0.3) is 0 Å². The Balaban J connectivity index is 1.17. The van der Waals surface area contributed by atoms with Gasteiger partial charge in [-0.25, -0.2) is 0 Å². The standard InChI is InChI=1S/C25H35N3O4/c1-2-32-25(31)17-5-7-28(8-6-17)14-20-3-4-21(23(29)26-20)24(30)27-22-18-10-15-9-16(12-18)13-19(22)11-15/h3-4,15-19,22H,2,5-14H2,1H3,(H,26,29)(H,27,30). The van der Waals surface area contributed by atoms with Gasteiger partial charge in [0.2, 0.25) is 0 Å². The Labute approximate surface area is 189 Å². The van der Waals surface area contributed by atoms with Gasteiger partial charge in [-0.15, -0.1) is 0 Å². The van der Waals surface area contributed by atoms with Crippen LogP contribution in [0.15, 0.2) is 16.9 Å². The van der Waals surface area contributed by atoms with Gasteiger partial charge in [0.05, 0.1) is 12.5 Å². The van der Waals surface area contributed by atoms with Crippen molar-refractivity contribution in [1.82, 2.24) is 15.2 Å². The monoisotopic (exact) mass is 441 g/mol. The van der Waals surface area contributed by atoms with Crippen LogP contribution in [-0.2, 0) is 16.1 Å². The summed E-state index contributed by atoms with van der Waals surface area (Å²) in [6.07, 6.45) is 7.87. The van der Waals surface area contributed by atoms with Gasteiger partial charge >= 0.3 is 5.97 Å². The van der Waals surface area contributed by atoms with Gasteiger partial charge in [-0.05, 0) is 101 Å². The second-order valence-electron chi connectivity index (χ2n) is 10.5. The maximum Gasteiger partial charge on any atom is 0.309 e.